The van der Waals surface area contributed by atoms with Crippen molar-refractivity contribution in [2.75, 3.05) is 6.54 Å². The number of rotatable bonds is 4. The zero-order valence-corrected chi connectivity index (χ0v) is 13.2. The van der Waals surface area contributed by atoms with E-state index >= 15 is 0 Å². The summed E-state index contributed by atoms with van der Waals surface area (Å²) in [5, 5.41) is 2.89. The third-order valence-corrected chi connectivity index (χ3v) is 3.82. The Morgan fingerprint density at radius 1 is 1.50 bits per heavy atom. The van der Waals surface area contributed by atoms with E-state index in [4.69, 9.17) is 0 Å². The van der Waals surface area contributed by atoms with E-state index in [0.717, 1.165) is 14.6 Å². The van der Waals surface area contributed by atoms with Crippen LogP contribution in [0.4, 0.5) is 0 Å². The quantitative estimate of drug-likeness (QED) is 0.774. The van der Waals surface area contributed by atoms with Gasteiger partial charge in [0.2, 0.25) is 0 Å². The Morgan fingerprint density at radius 2 is 2.33 bits per heavy atom. The first-order valence-electron chi connectivity index (χ1n) is 5.36. The van der Waals surface area contributed by atoms with Gasteiger partial charge in [-0.15, -0.1) is 0 Å². The molecule has 1 N–H and O–H groups in total. The second-order valence-corrected chi connectivity index (χ2v) is 5.76. The van der Waals surface area contributed by atoms with Crippen LogP contribution >= 0.6 is 38.5 Å². The molecule has 0 saturated heterocycles. The lowest BCUT2D eigenvalue weighted by Crippen LogP contribution is -2.27. The molecule has 0 fully saturated rings. The molecule has 0 aliphatic rings. The van der Waals surface area contributed by atoms with Crippen LogP contribution in [-0.2, 0) is 6.54 Å². The van der Waals surface area contributed by atoms with Crippen LogP contribution in [0.15, 0.2) is 41.4 Å². The molecule has 0 aliphatic heterocycles. The van der Waals surface area contributed by atoms with Gasteiger partial charge in [0.15, 0.2) is 0 Å². The SMILES string of the molecule is O=C(NCCn1ccnc1)c1cc(Br)ccc1I. The van der Waals surface area contributed by atoms with Crippen LogP contribution in [0.5, 0.6) is 0 Å². The first-order valence-corrected chi connectivity index (χ1v) is 7.23. The number of aromatic nitrogens is 2. The van der Waals surface area contributed by atoms with Crippen LogP contribution in [0.25, 0.3) is 0 Å². The molecule has 6 heteroatoms. The lowest BCUT2D eigenvalue weighted by atomic mass is 10.2. The topological polar surface area (TPSA) is 46.9 Å². The van der Waals surface area contributed by atoms with Crippen molar-refractivity contribution in [3.8, 4) is 0 Å². The largest absolute Gasteiger partial charge is 0.350 e. The summed E-state index contributed by atoms with van der Waals surface area (Å²) in [6.45, 7) is 1.30. The summed E-state index contributed by atoms with van der Waals surface area (Å²) in [6.07, 6.45) is 5.32. The van der Waals surface area contributed by atoms with Gasteiger partial charge < -0.3 is 9.88 Å². The van der Waals surface area contributed by atoms with E-state index in [-0.39, 0.29) is 5.91 Å². The minimum atomic E-state index is -0.0548. The predicted octanol–water partition coefficient (Wildman–Crippen LogP) is 2.68. The molecule has 0 bridgehead atoms. The van der Waals surface area contributed by atoms with Crippen LogP contribution in [0.2, 0.25) is 0 Å². The maximum Gasteiger partial charge on any atom is 0.252 e. The molecule has 0 atom stereocenters. The van der Waals surface area contributed by atoms with Crippen molar-refractivity contribution in [2.24, 2.45) is 0 Å². The van der Waals surface area contributed by atoms with Gasteiger partial charge in [-0.05, 0) is 40.8 Å². The minimum absolute atomic E-state index is 0.0548. The van der Waals surface area contributed by atoms with Crippen molar-refractivity contribution < 1.29 is 4.79 Å². The molecule has 2 rings (SSSR count). The fourth-order valence-electron chi connectivity index (χ4n) is 1.48. The Balaban J connectivity index is 1.93. The molecule has 2 aromatic rings. The maximum absolute atomic E-state index is 12.0. The molecule has 4 nitrogen and oxygen atoms in total. The average Bonchev–Trinajstić information content (AvgIpc) is 2.85. The van der Waals surface area contributed by atoms with E-state index in [1.807, 2.05) is 29.0 Å². The number of hydrogen-bond donors (Lipinski definition) is 1. The molecule has 0 radical (unpaired) electrons. The molecule has 1 heterocycles. The van der Waals surface area contributed by atoms with Crippen molar-refractivity contribution in [1.29, 1.82) is 0 Å². The molecule has 94 valence electrons. The number of benzene rings is 1. The Labute approximate surface area is 127 Å². The highest BCUT2D eigenvalue weighted by molar-refractivity contribution is 14.1. The lowest BCUT2D eigenvalue weighted by Gasteiger charge is -2.07. The van der Waals surface area contributed by atoms with E-state index in [1.165, 1.54) is 0 Å². The van der Waals surface area contributed by atoms with E-state index in [0.29, 0.717) is 12.1 Å². The van der Waals surface area contributed by atoms with Crippen LogP contribution in [0, 0.1) is 3.57 Å². The summed E-state index contributed by atoms with van der Waals surface area (Å²) in [7, 11) is 0. The number of nitrogens with one attached hydrogen (secondary N) is 1. The van der Waals surface area contributed by atoms with Gasteiger partial charge >= 0.3 is 0 Å². The van der Waals surface area contributed by atoms with Crippen molar-refractivity contribution in [3.63, 3.8) is 0 Å². The Bertz CT molecular complexity index is 542. The van der Waals surface area contributed by atoms with Crippen molar-refractivity contribution in [3.05, 3.63) is 50.5 Å². The highest BCUT2D eigenvalue weighted by atomic mass is 127. The summed E-state index contributed by atoms with van der Waals surface area (Å²) in [4.78, 5) is 15.9. The van der Waals surface area contributed by atoms with Crippen molar-refractivity contribution in [2.45, 2.75) is 6.54 Å². The Morgan fingerprint density at radius 3 is 3.06 bits per heavy atom. The van der Waals surface area contributed by atoms with Crippen molar-refractivity contribution >= 4 is 44.4 Å². The third kappa shape index (κ3) is 3.55. The fourth-order valence-corrected chi connectivity index (χ4v) is 2.43. The number of amides is 1. The van der Waals surface area contributed by atoms with Crippen LogP contribution in [0.1, 0.15) is 10.4 Å². The number of halogens is 2. The molecule has 1 aromatic carbocycles. The third-order valence-electron chi connectivity index (χ3n) is 2.39. The minimum Gasteiger partial charge on any atom is -0.350 e. The van der Waals surface area contributed by atoms with Gasteiger partial charge in [-0.25, -0.2) is 4.98 Å². The number of imidazole rings is 1. The van der Waals surface area contributed by atoms with Gasteiger partial charge in [-0.1, -0.05) is 15.9 Å². The predicted molar refractivity (Wildman–Crippen MR) is 81.4 cm³/mol. The maximum atomic E-state index is 12.0. The van der Waals surface area contributed by atoms with E-state index in [2.05, 4.69) is 48.8 Å². The smallest absolute Gasteiger partial charge is 0.252 e. The molecule has 0 saturated carbocycles. The summed E-state index contributed by atoms with van der Waals surface area (Å²) < 4.78 is 3.77. The summed E-state index contributed by atoms with van der Waals surface area (Å²) in [5.41, 5.74) is 0.690. The second-order valence-electron chi connectivity index (χ2n) is 3.68. The molecule has 18 heavy (non-hydrogen) atoms. The van der Waals surface area contributed by atoms with Crippen LogP contribution in [0.3, 0.4) is 0 Å². The molecular weight excluding hydrogens is 409 g/mol. The van der Waals surface area contributed by atoms with Crippen molar-refractivity contribution in [1.82, 2.24) is 14.9 Å². The highest BCUT2D eigenvalue weighted by Gasteiger charge is 2.09. The lowest BCUT2D eigenvalue weighted by molar-refractivity contribution is 0.0951. The normalized spacial score (nSPS) is 10.3. The zero-order chi connectivity index (χ0) is 13.0. The van der Waals surface area contributed by atoms with Gasteiger partial charge in [0.05, 0.1) is 11.9 Å². The monoisotopic (exact) mass is 419 g/mol. The zero-order valence-electron chi connectivity index (χ0n) is 9.44. The van der Waals surface area contributed by atoms with Gasteiger partial charge in [-0.2, -0.15) is 0 Å². The number of nitrogens with zero attached hydrogens (tertiary/aromatic N) is 2. The standard InChI is InChI=1S/C12H11BrIN3O/c13-9-1-2-11(14)10(7-9)12(18)16-4-6-17-5-3-15-8-17/h1-3,5,7-8H,4,6H2,(H,16,18). The molecule has 1 aromatic heterocycles. The highest BCUT2D eigenvalue weighted by Crippen LogP contribution is 2.18. The number of hydrogen-bond acceptors (Lipinski definition) is 2. The second kappa shape index (κ2) is 6.33. The summed E-state index contributed by atoms with van der Waals surface area (Å²) in [5.74, 6) is -0.0548. The molecule has 0 aliphatic carbocycles. The summed E-state index contributed by atoms with van der Waals surface area (Å²) in [6, 6.07) is 5.66. The molecule has 0 unspecified atom stereocenters. The van der Waals surface area contributed by atoms with Gasteiger partial charge in [-0.3, -0.25) is 4.79 Å². The first-order chi connectivity index (χ1) is 8.66. The summed E-state index contributed by atoms with van der Waals surface area (Å²) >= 11 is 5.53. The molecular formula is C12H11BrIN3O. The number of carbonyl (C=O) groups is 1. The van der Waals surface area contributed by atoms with Gasteiger partial charge in [0, 0.05) is 33.5 Å². The van der Waals surface area contributed by atoms with Crippen LogP contribution in [-0.4, -0.2) is 22.0 Å². The van der Waals surface area contributed by atoms with Gasteiger partial charge in [0.25, 0.3) is 5.91 Å². The Kier molecular flexibility index (Phi) is 4.76. The van der Waals surface area contributed by atoms with Crippen LogP contribution < -0.4 is 5.32 Å². The first kappa shape index (κ1) is 13.5. The fraction of sp³-hybridized carbons (Fsp3) is 0.167. The van der Waals surface area contributed by atoms with E-state index in [9.17, 15) is 4.79 Å². The molecule has 0 spiro atoms. The number of carbonyl (C=O) groups excluding carboxylic acids is 1. The Hall–Kier alpha value is -0.890. The average molecular weight is 420 g/mol. The van der Waals surface area contributed by atoms with Gasteiger partial charge in [0.1, 0.15) is 0 Å². The van der Waals surface area contributed by atoms with E-state index in [1.54, 1.807) is 12.5 Å². The van der Waals surface area contributed by atoms with E-state index < -0.39 is 0 Å². The molecule has 1 amide bonds.